The molecule has 1 rings (SSSR count). The molecule has 0 spiro atoms. The van der Waals surface area contributed by atoms with Gasteiger partial charge in [0.15, 0.2) is 0 Å². The lowest BCUT2D eigenvalue weighted by Gasteiger charge is -2.33. The maximum Gasteiger partial charge on any atom is 0.328 e. The first kappa shape index (κ1) is 14.2. The molecule has 1 fully saturated rings. The van der Waals surface area contributed by atoms with Crippen LogP contribution in [0.2, 0.25) is 0 Å². The number of hydrogen-bond acceptors (Lipinski definition) is 3. The Morgan fingerprint density at radius 3 is 2.12 bits per heavy atom. The Balaban J connectivity index is 2.83. The second-order valence-electron chi connectivity index (χ2n) is 4.22. The van der Waals surface area contributed by atoms with Crippen molar-refractivity contribution < 1.29 is 14.4 Å². The largest absolute Gasteiger partial charge is 0.328 e. The molecule has 0 unspecified atom stereocenters. The van der Waals surface area contributed by atoms with Crippen molar-refractivity contribution in [1.82, 2.24) is 10.6 Å². The summed E-state index contributed by atoms with van der Waals surface area (Å²) in [6.45, 7) is 2.06. The summed E-state index contributed by atoms with van der Waals surface area (Å²) in [5, 5.41) is 4.91. The Hall–Kier alpha value is -0.910. The quantitative estimate of drug-likeness (QED) is 0.445. The van der Waals surface area contributed by atoms with Gasteiger partial charge < -0.3 is 0 Å². The van der Waals surface area contributed by atoms with E-state index in [9.17, 15) is 14.4 Å². The van der Waals surface area contributed by atoms with E-state index in [4.69, 9.17) is 0 Å². The van der Waals surface area contributed by atoms with Crippen molar-refractivity contribution in [3.05, 3.63) is 0 Å². The van der Waals surface area contributed by atoms with E-state index in [0.717, 1.165) is 19.3 Å². The third-order valence-corrected chi connectivity index (χ3v) is 3.45. The molecule has 1 aliphatic rings. The summed E-state index contributed by atoms with van der Waals surface area (Å²) < 4.78 is 0. The predicted molar refractivity (Wildman–Crippen MR) is 66.7 cm³/mol. The van der Waals surface area contributed by atoms with Crippen molar-refractivity contribution in [2.24, 2.45) is 5.41 Å². The SMILES string of the molecule is CCCCCC1(CCBr)C(=O)NC(=O)NC1=O. The van der Waals surface area contributed by atoms with E-state index in [1.54, 1.807) is 0 Å². The molecule has 1 aliphatic heterocycles. The number of urea groups is 1. The fraction of sp³-hybridized carbons (Fsp3) is 0.727. The van der Waals surface area contributed by atoms with Gasteiger partial charge >= 0.3 is 6.03 Å². The molecule has 0 aliphatic carbocycles. The molecule has 5 nitrogen and oxygen atoms in total. The Morgan fingerprint density at radius 2 is 1.65 bits per heavy atom. The molecule has 1 saturated heterocycles. The van der Waals surface area contributed by atoms with Gasteiger partial charge in [-0.05, 0) is 12.8 Å². The summed E-state index contributed by atoms with van der Waals surface area (Å²) in [6, 6.07) is -0.722. The standard InChI is InChI=1S/C11H17BrN2O3/c1-2-3-4-5-11(6-7-12)8(15)13-10(17)14-9(11)16/h2-7H2,1H3,(H2,13,14,15,16,17). The smallest absolute Gasteiger partial charge is 0.277 e. The molecule has 0 aromatic rings. The van der Waals surface area contributed by atoms with E-state index in [1.807, 2.05) is 0 Å². The summed E-state index contributed by atoms with van der Waals surface area (Å²) in [5.41, 5.74) is -1.09. The zero-order valence-corrected chi connectivity index (χ0v) is 11.4. The third-order valence-electron chi connectivity index (χ3n) is 3.05. The fourth-order valence-electron chi connectivity index (χ4n) is 2.00. The molecule has 0 aromatic carbocycles. The number of barbiturate groups is 1. The van der Waals surface area contributed by atoms with Crippen LogP contribution in [0.1, 0.15) is 39.0 Å². The molecule has 6 heteroatoms. The Morgan fingerprint density at radius 1 is 1.06 bits per heavy atom. The number of halogens is 1. The van der Waals surface area contributed by atoms with Crippen LogP contribution in [0.5, 0.6) is 0 Å². The normalized spacial score (nSPS) is 18.8. The van der Waals surface area contributed by atoms with Crippen LogP contribution >= 0.6 is 15.9 Å². The number of rotatable bonds is 6. The Bertz CT molecular complexity index is 311. The summed E-state index contributed by atoms with van der Waals surface area (Å²) in [4.78, 5) is 34.8. The van der Waals surface area contributed by atoms with E-state index in [2.05, 4.69) is 33.5 Å². The van der Waals surface area contributed by atoms with Gasteiger partial charge in [-0.2, -0.15) is 0 Å². The summed E-state index contributed by atoms with van der Waals surface area (Å²) in [6.07, 6.45) is 3.68. The molecule has 0 bridgehead atoms. The average Bonchev–Trinajstić information content (AvgIpc) is 2.25. The average molecular weight is 305 g/mol. The first-order valence-electron chi connectivity index (χ1n) is 5.79. The minimum absolute atomic E-state index is 0.404. The molecule has 0 radical (unpaired) electrons. The first-order chi connectivity index (χ1) is 8.06. The maximum absolute atomic E-state index is 11.9. The number of amides is 4. The second-order valence-corrected chi connectivity index (χ2v) is 5.01. The highest BCUT2D eigenvalue weighted by molar-refractivity contribution is 9.09. The number of alkyl halides is 1. The molecular formula is C11H17BrN2O3. The van der Waals surface area contributed by atoms with Gasteiger partial charge in [-0.3, -0.25) is 20.2 Å². The van der Waals surface area contributed by atoms with Crippen LogP contribution in [-0.2, 0) is 9.59 Å². The topological polar surface area (TPSA) is 75.3 Å². The van der Waals surface area contributed by atoms with Gasteiger partial charge in [-0.15, -0.1) is 0 Å². The zero-order valence-electron chi connectivity index (χ0n) is 9.85. The van der Waals surface area contributed by atoms with E-state index < -0.39 is 23.3 Å². The lowest BCUT2D eigenvalue weighted by Crippen LogP contribution is -2.62. The van der Waals surface area contributed by atoms with Crippen LogP contribution in [-0.4, -0.2) is 23.2 Å². The molecule has 4 amide bonds. The van der Waals surface area contributed by atoms with Gasteiger partial charge in [0.25, 0.3) is 0 Å². The van der Waals surface area contributed by atoms with Gasteiger partial charge in [-0.25, -0.2) is 4.79 Å². The van der Waals surface area contributed by atoms with Crippen molar-refractivity contribution in [3.8, 4) is 0 Å². The van der Waals surface area contributed by atoms with Crippen LogP contribution in [0.25, 0.3) is 0 Å². The number of carbonyl (C=O) groups is 3. The maximum atomic E-state index is 11.9. The van der Waals surface area contributed by atoms with E-state index in [-0.39, 0.29) is 0 Å². The highest BCUT2D eigenvalue weighted by Gasteiger charge is 2.48. The Kier molecular flexibility index (Phi) is 5.11. The van der Waals surface area contributed by atoms with Gasteiger partial charge in [0, 0.05) is 5.33 Å². The second kappa shape index (κ2) is 6.14. The number of carbonyl (C=O) groups excluding carboxylic acids is 3. The van der Waals surface area contributed by atoms with Crippen LogP contribution in [0.4, 0.5) is 4.79 Å². The number of unbranched alkanes of at least 4 members (excludes halogenated alkanes) is 2. The number of nitrogens with one attached hydrogen (secondary N) is 2. The summed E-state index contributed by atoms with van der Waals surface area (Å²) >= 11 is 3.25. The van der Waals surface area contributed by atoms with Gasteiger partial charge in [0.05, 0.1) is 0 Å². The molecule has 1 heterocycles. The van der Waals surface area contributed by atoms with Gasteiger partial charge in [0.1, 0.15) is 5.41 Å². The molecule has 0 atom stereocenters. The van der Waals surface area contributed by atoms with Crippen molar-refractivity contribution in [3.63, 3.8) is 0 Å². The number of hydrogen-bond donors (Lipinski definition) is 2. The fourth-order valence-corrected chi connectivity index (χ4v) is 2.67. The molecule has 0 saturated carbocycles. The molecular weight excluding hydrogens is 288 g/mol. The lowest BCUT2D eigenvalue weighted by atomic mass is 9.77. The highest BCUT2D eigenvalue weighted by atomic mass is 79.9. The van der Waals surface area contributed by atoms with Crippen molar-refractivity contribution in [1.29, 1.82) is 0 Å². The number of imide groups is 2. The van der Waals surface area contributed by atoms with Crippen molar-refractivity contribution >= 4 is 33.8 Å². The monoisotopic (exact) mass is 304 g/mol. The summed E-state index contributed by atoms with van der Waals surface area (Å²) in [5.74, 6) is -0.941. The molecule has 17 heavy (non-hydrogen) atoms. The van der Waals surface area contributed by atoms with E-state index >= 15 is 0 Å². The first-order valence-corrected chi connectivity index (χ1v) is 6.92. The molecule has 0 aromatic heterocycles. The Labute approximate surface area is 109 Å². The van der Waals surface area contributed by atoms with E-state index in [0.29, 0.717) is 18.2 Å². The molecule has 96 valence electrons. The van der Waals surface area contributed by atoms with Gasteiger partial charge in [-0.1, -0.05) is 42.1 Å². The minimum atomic E-state index is -1.09. The predicted octanol–water partition coefficient (Wildman–Crippen LogP) is 1.70. The van der Waals surface area contributed by atoms with Crippen LogP contribution in [0, 0.1) is 5.41 Å². The van der Waals surface area contributed by atoms with Crippen molar-refractivity contribution in [2.75, 3.05) is 5.33 Å². The van der Waals surface area contributed by atoms with Crippen molar-refractivity contribution in [2.45, 2.75) is 39.0 Å². The highest BCUT2D eigenvalue weighted by Crippen LogP contribution is 2.32. The van der Waals surface area contributed by atoms with Crippen LogP contribution in [0.3, 0.4) is 0 Å². The summed E-state index contributed by atoms with van der Waals surface area (Å²) in [7, 11) is 0. The minimum Gasteiger partial charge on any atom is -0.277 e. The molecule has 2 N–H and O–H groups in total. The lowest BCUT2D eigenvalue weighted by molar-refractivity contribution is -0.145. The van der Waals surface area contributed by atoms with Crippen LogP contribution < -0.4 is 10.6 Å². The van der Waals surface area contributed by atoms with E-state index in [1.165, 1.54) is 0 Å². The third kappa shape index (κ3) is 3.06. The zero-order chi connectivity index (χ0) is 12.9. The van der Waals surface area contributed by atoms with Gasteiger partial charge in [0.2, 0.25) is 11.8 Å². The van der Waals surface area contributed by atoms with Crippen LogP contribution in [0.15, 0.2) is 0 Å².